The van der Waals surface area contributed by atoms with Crippen LogP contribution < -0.4 is 5.32 Å². The van der Waals surface area contributed by atoms with Gasteiger partial charge in [0.1, 0.15) is 5.82 Å². The number of rotatable bonds is 8. The molecule has 21 heavy (non-hydrogen) atoms. The molecule has 0 atom stereocenters. The lowest BCUT2D eigenvalue weighted by atomic mass is 10.2. The Kier molecular flexibility index (Phi) is 6.54. The molecule has 0 saturated heterocycles. The van der Waals surface area contributed by atoms with E-state index in [4.69, 9.17) is 0 Å². The summed E-state index contributed by atoms with van der Waals surface area (Å²) in [6, 6.07) is 0.576. The zero-order valence-corrected chi connectivity index (χ0v) is 13.9. The molecule has 1 amide bonds. The minimum absolute atomic E-state index is 0.152. The number of carbonyl (C=O) groups is 1. The van der Waals surface area contributed by atoms with E-state index in [2.05, 4.69) is 26.3 Å². The topological polar surface area (TPSA) is 59.8 Å². The van der Waals surface area contributed by atoms with E-state index in [1.165, 1.54) is 25.7 Å². The lowest BCUT2D eigenvalue weighted by molar-refractivity contribution is -0.121. The van der Waals surface area contributed by atoms with Gasteiger partial charge in [-0.3, -0.25) is 4.79 Å². The maximum Gasteiger partial charge on any atom is 0.219 e. The maximum absolute atomic E-state index is 11.4. The van der Waals surface area contributed by atoms with E-state index >= 15 is 0 Å². The molecule has 1 heterocycles. The molecule has 0 spiro atoms. The number of aryl methyl sites for hydroxylation is 1. The van der Waals surface area contributed by atoms with Crippen molar-refractivity contribution >= 4 is 17.7 Å². The second-order valence-electron chi connectivity index (χ2n) is 5.61. The summed E-state index contributed by atoms with van der Waals surface area (Å²) in [6.07, 6.45) is 10.5. The molecule has 0 aliphatic heterocycles. The number of thioether (sulfide) groups is 1. The summed E-state index contributed by atoms with van der Waals surface area (Å²) in [4.78, 5) is 11.4. The molecule has 1 fully saturated rings. The zero-order valence-electron chi connectivity index (χ0n) is 13.1. The highest BCUT2D eigenvalue weighted by molar-refractivity contribution is 7.98. The smallest absolute Gasteiger partial charge is 0.219 e. The van der Waals surface area contributed by atoms with Gasteiger partial charge in [0.05, 0.1) is 0 Å². The Balaban J connectivity index is 1.88. The van der Waals surface area contributed by atoms with Gasteiger partial charge in [-0.2, -0.15) is 0 Å². The van der Waals surface area contributed by atoms with Crippen LogP contribution in [0.1, 0.15) is 63.7 Å². The van der Waals surface area contributed by atoms with Gasteiger partial charge in [0.2, 0.25) is 5.91 Å². The summed E-state index contributed by atoms with van der Waals surface area (Å²) in [6.45, 7) is 2.75. The SMILES string of the molecule is CCCC(=O)NCCCc1nnc(SC)n1C1CCCC1. The second kappa shape index (κ2) is 8.41. The van der Waals surface area contributed by atoms with Crippen LogP contribution in [0, 0.1) is 0 Å². The fourth-order valence-corrected chi connectivity index (χ4v) is 3.51. The monoisotopic (exact) mass is 310 g/mol. The summed E-state index contributed by atoms with van der Waals surface area (Å²) in [5.74, 6) is 1.23. The molecule has 0 radical (unpaired) electrons. The maximum atomic E-state index is 11.4. The minimum Gasteiger partial charge on any atom is -0.356 e. The van der Waals surface area contributed by atoms with E-state index in [0.29, 0.717) is 12.5 Å². The third-order valence-corrected chi connectivity index (χ3v) is 4.63. The van der Waals surface area contributed by atoms with E-state index in [1.807, 2.05) is 6.92 Å². The van der Waals surface area contributed by atoms with Crippen LogP contribution in [0.4, 0.5) is 0 Å². The van der Waals surface area contributed by atoms with Crippen LogP contribution in [0.2, 0.25) is 0 Å². The molecule has 1 aromatic rings. The molecule has 2 rings (SSSR count). The minimum atomic E-state index is 0.152. The average Bonchev–Trinajstić information content (AvgIpc) is 3.12. The molecule has 1 saturated carbocycles. The Morgan fingerprint density at radius 2 is 2.14 bits per heavy atom. The lowest BCUT2D eigenvalue weighted by Gasteiger charge is -2.16. The summed E-state index contributed by atoms with van der Waals surface area (Å²) in [7, 11) is 0. The number of hydrogen-bond donors (Lipinski definition) is 1. The van der Waals surface area contributed by atoms with Gasteiger partial charge in [-0.1, -0.05) is 31.5 Å². The predicted octanol–water partition coefficient (Wildman–Crippen LogP) is 2.96. The third kappa shape index (κ3) is 4.46. The van der Waals surface area contributed by atoms with Crippen LogP contribution in [0.3, 0.4) is 0 Å². The van der Waals surface area contributed by atoms with E-state index in [0.717, 1.165) is 36.8 Å². The van der Waals surface area contributed by atoms with Gasteiger partial charge in [-0.25, -0.2) is 0 Å². The van der Waals surface area contributed by atoms with Gasteiger partial charge >= 0.3 is 0 Å². The van der Waals surface area contributed by atoms with Crippen LogP contribution in [0.5, 0.6) is 0 Å². The molecular weight excluding hydrogens is 284 g/mol. The normalized spacial score (nSPS) is 15.5. The van der Waals surface area contributed by atoms with Crippen LogP contribution >= 0.6 is 11.8 Å². The highest BCUT2D eigenvalue weighted by Crippen LogP contribution is 2.33. The van der Waals surface area contributed by atoms with Gasteiger partial charge in [0, 0.05) is 25.4 Å². The molecule has 5 nitrogen and oxygen atoms in total. The number of hydrogen-bond acceptors (Lipinski definition) is 4. The summed E-state index contributed by atoms with van der Waals surface area (Å²) in [5, 5.41) is 12.7. The molecule has 118 valence electrons. The predicted molar refractivity (Wildman–Crippen MR) is 85.5 cm³/mol. The largest absolute Gasteiger partial charge is 0.356 e. The Hall–Kier alpha value is -1.04. The van der Waals surface area contributed by atoms with Gasteiger partial charge in [0.25, 0.3) is 0 Å². The Bertz CT molecular complexity index is 455. The quantitative estimate of drug-likeness (QED) is 0.592. The van der Waals surface area contributed by atoms with Gasteiger partial charge in [-0.05, 0) is 31.9 Å². The molecule has 0 bridgehead atoms. The summed E-state index contributed by atoms with van der Waals surface area (Å²) >= 11 is 1.67. The van der Waals surface area contributed by atoms with Crippen LogP contribution in [0.15, 0.2) is 5.16 Å². The summed E-state index contributed by atoms with van der Waals surface area (Å²) in [5.41, 5.74) is 0. The highest BCUT2D eigenvalue weighted by Gasteiger charge is 2.23. The van der Waals surface area contributed by atoms with Crippen molar-refractivity contribution < 1.29 is 4.79 Å². The average molecular weight is 310 g/mol. The molecule has 1 aliphatic rings. The van der Waals surface area contributed by atoms with Gasteiger partial charge < -0.3 is 9.88 Å². The van der Waals surface area contributed by atoms with E-state index in [9.17, 15) is 4.79 Å². The zero-order chi connectivity index (χ0) is 15.1. The fraction of sp³-hybridized carbons (Fsp3) is 0.800. The van der Waals surface area contributed by atoms with E-state index in [1.54, 1.807) is 11.8 Å². The van der Waals surface area contributed by atoms with Crippen molar-refractivity contribution in [2.75, 3.05) is 12.8 Å². The Morgan fingerprint density at radius 1 is 1.38 bits per heavy atom. The van der Waals surface area contributed by atoms with Crippen molar-refractivity contribution in [1.82, 2.24) is 20.1 Å². The number of nitrogens with zero attached hydrogens (tertiary/aromatic N) is 3. The van der Waals surface area contributed by atoms with Crippen LogP contribution in [-0.4, -0.2) is 33.5 Å². The number of carbonyl (C=O) groups excluding carboxylic acids is 1. The molecule has 1 aromatic heterocycles. The first-order valence-electron chi connectivity index (χ1n) is 8.00. The Morgan fingerprint density at radius 3 is 2.81 bits per heavy atom. The third-order valence-electron chi connectivity index (χ3n) is 3.98. The molecule has 0 unspecified atom stereocenters. The van der Waals surface area contributed by atoms with Crippen molar-refractivity contribution in [2.45, 2.75) is 69.5 Å². The molecule has 1 N–H and O–H groups in total. The first-order valence-corrected chi connectivity index (χ1v) is 9.23. The number of aromatic nitrogens is 3. The Labute approximate surface area is 131 Å². The molecule has 0 aromatic carbocycles. The number of amides is 1. The molecule has 6 heteroatoms. The first kappa shape index (κ1) is 16.3. The fourth-order valence-electron chi connectivity index (χ4n) is 2.94. The van der Waals surface area contributed by atoms with Crippen LogP contribution in [-0.2, 0) is 11.2 Å². The molecular formula is C15H26N4OS. The second-order valence-corrected chi connectivity index (χ2v) is 6.39. The summed E-state index contributed by atoms with van der Waals surface area (Å²) < 4.78 is 2.34. The van der Waals surface area contributed by atoms with E-state index < -0.39 is 0 Å². The van der Waals surface area contributed by atoms with Crippen molar-refractivity contribution in [1.29, 1.82) is 0 Å². The van der Waals surface area contributed by atoms with Crippen LogP contribution in [0.25, 0.3) is 0 Å². The van der Waals surface area contributed by atoms with Crippen molar-refractivity contribution in [3.63, 3.8) is 0 Å². The van der Waals surface area contributed by atoms with Gasteiger partial charge in [-0.15, -0.1) is 10.2 Å². The van der Waals surface area contributed by atoms with Crippen molar-refractivity contribution in [2.24, 2.45) is 0 Å². The number of nitrogens with one attached hydrogen (secondary N) is 1. The van der Waals surface area contributed by atoms with Gasteiger partial charge in [0.15, 0.2) is 5.16 Å². The van der Waals surface area contributed by atoms with Crippen molar-refractivity contribution in [3.05, 3.63) is 5.82 Å². The van der Waals surface area contributed by atoms with E-state index in [-0.39, 0.29) is 5.91 Å². The van der Waals surface area contributed by atoms with Crippen molar-refractivity contribution in [3.8, 4) is 0 Å². The molecule has 1 aliphatic carbocycles. The highest BCUT2D eigenvalue weighted by atomic mass is 32.2. The first-order chi connectivity index (χ1) is 10.3. The lowest BCUT2D eigenvalue weighted by Crippen LogP contribution is -2.24. The standard InChI is InChI=1S/C15H26N4OS/c1-3-7-14(20)16-11-6-10-13-17-18-15(21-2)19(13)12-8-4-5-9-12/h12H,3-11H2,1-2H3,(H,16,20).